The molecule has 2 fully saturated rings. The van der Waals surface area contributed by atoms with Gasteiger partial charge in [-0.1, -0.05) is 0 Å². The molecule has 3 rings (SSSR count). The maximum absolute atomic E-state index is 13.8. The summed E-state index contributed by atoms with van der Waals surface area (Å²) in [5, 5.41) is 0. The Morgan fingerprint density at radius 3 is 2.95 bits per heavy atom. The van der Waals surface area contributed by atoms with Gasteiger partial charge in [-0.25, -0.2) is 4.39 Å². The van der Waals surface area contributed by atoms with Gasteiger partial charge in [0, 0.05) is 37.0 Å². The molecule has 2 saturated heterocycles. The molecule has 1 aromatic rings. The van der Waals surface area contributed by atoms with Gasteiger partial charge >= 0.3 is 0 Å². The van der Waals surface area contributed by atoms with E-state index in [0.717, 1.165) is 6.42 Å². The molecular weight excluding hydrogens is 279 g/mol. The van der Waals surface area contributed by atoms with Gasteiger partial charge < -0.3 is 9.80 Å². The molecule has 6 heteroatoms. The Balaban J connectivity index is 1.78. The van der Waals surface area contributed by atoms with Crippen LogP contribution < -0.4 is 0 Å². The minimum absolute atomic E-state index is 0.0512. The molecule has 0 aromatic heterocycles. The Labute approximate surface area is 122 Å². The van der Waals surface area contributed by atoms with Crippen molar-refractivity contribution in [2.45, 2.75) is 23.8 Å². The minimum atomic E-state index is -0.530. The van der Waals surface area contributed by atoms with Gasteiger partial charge in [0.1, 0.15) is 5.82 Å². The lowest BCUT2D eigenvalue weighted by Gasteiger charge is -2.37. The largest absolute Gasteiger partial charge is 0.336 e. The first-order valence-electron chi connectivity index (χ1n) is 6.63. The van der Waals surface area contributed by atoms with Crippen LogP contribution in [0.4, 0.5) is 4.39 Å². The fourth-order valence-electron chi connectivity index (χ4n) is 2.90. The number of hydrogen-bond acceptors (Lipinski definition) is 3. The lowest BCUT2D eigenvalue weighted by Crippen LogP contribution is -2.53. The van der Waals surface area contributed by atoms with Gasteiger partial charge in [-0.05, 0) is 24.6 Å². The molecule has 1 atom stereocenters. The third-order valence-corrected chi connectivity index (χ3v) is 4.24. The van der Waals surface area contributed by atoms with Crippen molar-refractivity contribution in [3.8, 4) is 0 Å². The third-order valence-electron chi connectivity index (χ3n) is 3.96. The van der Waals surface area contributed by atoms with Gasteiger partial charge in [0.15, 0.2) is 0 Å². The summed E-state index contributed by atoms with van der Waals surface area (Å²) in [4.78, 5) is 28.0. The highest BCUT2D eigenvalue weighted by atomic mass is 32.1. The van der Waals surface area contributed by atoms with E-state index in [1.165, 1.54) is 18.2 Å². The Morgan fingerprint density at radius 1 is 1.35 bits per heavy atom. The molecule has 0 N–H and O–H groups in total. The standard InChI is InChI=1S/C14H15FN2O2S/c15-12-3-2-10(20)7-11(12)14(19)16-5-6-17-9(8-16)1-4-13(17)18/h2-3,7,9,20H,1,4-6,8H2. The van der Waals surface area contributed by atoms with Crippen molar-refractivity contribution in [3.63, 3.8) is 0 Å². The number of carbonyl (C=O) groups is 2. The van der Waals surface area contributed by atoms with Crippen LogP contribution in [0.2, 0.25) is 0 Å². The normalized spacial score (nSPS) is 22.1. The van der Waals surface area contributed by atoms with Crippen LogP contribution in [0, 0.1) is 5.82 Å². The number of fused-ring (bicyclic) bond motifs is 1. The van der Waals surface area contributed by atoms with Gasteiger partial charge in [0.05, 0.1) is 5.56 Å². The number of halogens is 1. The number of carbonyl (C=O) groups excluding carboxylic acids is 2. The highest BCUT2D eigenvalue weighted by molar-refractivity contribution is 7.80. The summed E-state index contributed by atoms with van der Waals surface area (Å²) in [7, 11) is 0. The zero-order valence-corrected chi connectivity index (χ0v) is 11.8. The van der Waals surface area contributed by atoms with Crippen LogP contribution >= 0.6 is 12.6 Å². The van der Waals surface area contributed by atoms with Gasteiger partial charge in [-0.15, -0.1) is 12.6 Å². The van der Waals surface area contributed by atoms with E-state index in [4.69, 9.17) is 0 Å². The summed E-state index contributed by atoms with van der Waals surface area (Å²) < 4.78 is 13.8. The summed E-state index contributed by atoms with van der Waals surface area (Å²) in [6.45, 7) is 1.48. The predicted molar refractivity (Wildman–Crippen MR) is 74.3 cm³/mol. The van der Waals surface area contributed by atoms with E-state index in [1.54, 1.807) is 4.90 Å². The molecule has 2 amide bonds. The summed E-state index contributed by atoms with van der Waals surface area (Å²) in [5.74, 6) is -0.694. The smallest absolute Gasteiger partial charge is 0.257 e. The Morgan fingerprint density at radius 2 is 2.15 bits per heavy atom. The highest BCUT2D eigenvalue weighted by Crippen LogP contribution is 2.24. The summed E-state index contributed by atoms with van der Waals surface area (Å²) in [5.41, 5.74) is 0.0512. The monoisotopic (exact) mass is 294 g/mol. The molecule has 0 bridgehead atoms. The molecule has 20 heavy (non-hydrogen) atoms. The van der Waals surface area contributed by atoms with Gasteiger partial charge in [0.2, 0.25) is 5.91 Å². The van der Waals surface area contributed by atoms with Crippen molar-refractivity contribution in [1.29, 1.82) is 0 Å². The van der Waals surface area contributed by atoms with E-state index in [-0.39, 0.29) is 23.4 Å². The van der Waals surface area contributed by atoms with Gasteiger partial charge in [-0.3, -0.25) is 9.59 Å². The van der Waals surface area contributed by atoms with Crippen molar-refractivity contribution in [3.05, 3.63) is 29.6 Å². The number of nitrogens with zero attached hydrogens (tertiary/aromatic N) is 2. The van der Waals surface area contributed by atoms with Crippen LogP contribution in [0.1, 0.15) is 23.2 Å². The minimum Gasteiger partial charge on any atom is -0.336 e. The number of hydrogen-bond donors (Lipinski definition) is 1. The van der Waals surface area contributed by atoms with Crippen LogP contribution in [-0.4, -0.2) is 47.3 Å². The van der Waals surface area contributed by atoms with Crippen LogP contribution in [0.25, 0.3) is 0 Å². The first-order valence-corrected chi connectivity index (χ1v) is 7.08. The molecule has 2 aliphatic heterocycles. The van der Waals surface area contributed by atoms with Crippen molar-refractivity contribution in [2.24, 2.45) is 0 Å². The van der Waals surface area contributed by atoms with Crippen LogP contribution in [-0.2, 0) is 4.79 Å². The van der Waals surface area contributed by atoms with Crippen molar-refractivity contribution in [2.75, 3.05) is 19.6 Å². The van der Waals surface area contributed by atoms with Crippen LogP contribution in [0.3, 0.4) is 0 Å². The van der Waals surface area contributed by atoms with Crippen LogP contribution in [0.5, 0.6) is 0 Å². The SMILES string of the molecule is O=C(c1cc(S)ccc1F)N1CCN2C(=O)CCC2C1. The lowest BCUT2D eigenvalue weighted by molar-refractivity contribution is -0.130. The fourth-order valence-corrected chi connectivity index (χ4v) is 3.10. The highest BCUT2D eigenvalue weighted by Gasteiger charge is 2.37. The number of piperazine rings is 1. The quantitative estimate of drug-likeness (QED) is 0.799. The topological polar surface area (TPSA) is 40.6 Å². The van der Waals surface area contributed by atoms with Crippen molar-refractivity contribution in [1.82, 2.24) is 9.80 Å². The third kappa shape index (κ3) is 2.28. The maximum Gasteiger partial charge on any atom is 0.257 e. The van der Waals surface area contributed by atoms with E-state index in [9.17, 15) is 14.0 Å². The van der Waals surface area contributed by atoms with E-state index in [0.29, 0.717) is 31.0 Å². The predicted octanol–water partition coefficient (Wildman–Crippen LogP) is 1.56. The molecule has 0 saturated carbocycles. The van der Waals surface area contributed by atoms with E-state index in [2.05, 4.69) is 12.6 Å². The first kappa shape index (κ1) is 13.4. The molecule has 0 aliphatic carbocycles. The lowest BCUT2D eigenvalue weighted by atomic mass is 10.1. The number of rotatable bonds is 1. The average Bonchev–Trinajstić information content (AvgIpc) is 2.82. The second-order valence-corrected chi connectivity index (χ2v) is 5.71. The molecular formula is C14H15FN2O2S. The molecule has 1 unspecified atom stereocenters. The molecule has 0 radical (unpaired) electrons. The molecule has 106 valence electrons. The Bertz CT molecular complexity index is 578. The van der Waals surface area contributed by atoms with E-state index >= 15 is 0 Å². The first-order chi connectivity index (χ1) is 9.56. The fraction of sp³-hybridized carbons (Fsp3) is 0.429. The summed E-state index contributed by atoms with van der Waals surface area (Å²) in [6.07, 6.45) is 1.32. The summed E-state index contributed by atoms with van der Waals surface area (Å²) >= 11 is 4.14. The molecule has 2 aliphatic rings. The van der Waals surface area contributed by atoms with Crippen LogP contribution in [0.15, 0.2) is 23.1 Å². The summed E-state index contributed by atoms with van der Waals surface area (Å²) in [6, 6.07) is 4.31. The van der Waals surface area contributed by atoms with E-state index in [1.807, 2.05) is 4.90 Å². The van der Waals surface area contributed by atoms with Gasteiger partial charge in [0.25, 0.3) is 5.91 Å². The van der Waals surface area contributed by atoms with Gasteiger partial charge in [-0.2, -0.15) is 0 Å². The number of thiol groups is 1. The zero-order valence-electron chi connectivity index (χ0n) is 10.9. The van der Waals surface area contributed by atoms with Crippen molar-refractivity contribution < 1.29 is 14.0 Å². The zero-order chi connectivity index (χ0) is 14.3. The second kappa shape index (κ2) is 5.09. The molecule has 0 spiro atoms. The Kier molecular flexibility index (Phi) is 3.41. The average molecular weight is 294 g/mol. The Hall–Kier alpha value is -1.56. The molecule has 2 heterocycles. The number of benzene rings is 1. The van der Waals surface area contributed by atoms with Crippen molar-refractivity contribution >= 4 is 24.4 Å². The molecule has 4 nitrogen and oxygen atoms in total. The second-order valence-electron chi connectivity index (χ2n) is 5.19. The molecule has 1 aromatic carbocycles. The maximum atomic E-state index is 13.8. The number of amides is 2. The van der Waals surface area contributed by atoms with E-state index < -0.39 is 5.82 Å².